The average Bonchev–Trinajstić information content (AvgIpc) is 1.70. The Morgan fingerprint density at radius 3 is 0.893 bits per heavy atom. The molecule has 1 aliphatic rings. The molecule has 0 radical (unpaired) electrons. The predicted molar refractivity (Wildman–Crippen MR) is 559 cm³/mol. The van der Waals surface area contributed by atoms with Gasteiger partial charge in [-0.05, 0) is 247 Å². The van der Waals surface area contributed by atoms with Gasteiger partial charge in [0.1, 0.15) is 22.4 Å². The molecule has 1 aliphatic heterocycles. The third kappa shape index (κ3) is 15.9. The Hall–Kier alpha value is -14.9. The van der Waals surface area contributed by atoms with E-state index in [0.29, 0.717) is 11.8 Å². The van der Waals surface area contributed by atoms with Crippen LogP contribution >= 0.6 is 11.7 Å². The Labute approximate surface area is 774 Å². The number of rotatable bonds is 29. The van der Waals surface area contributed by atoms with E-state index in [4.69, 9.17) is 8.75 Å². The van der Waals surface area contributed by atoms with Crippen molar-refractivity contribution in [2.24, 2.45) is 11.8 Å². The first kappa shape index (κ1) is 83.1. The van der Waals surface area contributed by atoms with Crippen LogP contribution in [0.2, 0.25) is 0 Å². The van der Waals surface area contributed by atoms with Crippen LogP contribution in [-0.4, -0.2) is 26.4 Å². The van der Waals surface area contributed by atoms with E-state index in [1.54, 1.807) is 0 Å². The highest BCUT2D eigenvalue weighted by molar-refractivity contribution is 7.00. The molecule has 6 nitrogen and oxygen atoms in total. The number of quaternary nitrogens is 1. The molecule has 21 rings (SSSR count). The van der Waals surface area contributed by atoms with Gasteiger partial charge in [0.15, 0.2) is 0 Å². The Balaban J connectivity index is 0.728. The fraction of sp³-hybridized carbons (Fsp3) is 0.129. The molecule has 0 N–H and O–H groups in total. The summed E-state index contributed by atoms with van der Waals surface area (Å²) >= 11 is 1.31. The van der Waals surface area contributed by atoms with Gasteiger partial charge >= 0.3 is 0 Å². The summed E-state index contributed by atoms with van der Waals surface area (Å²) in [5, 5.41) is 2.39. The normalized spacial score (nSPS) is 13.3. The molecule has 131 heavy (non-hydrogen) atoms. The van der Waals surface area contributed by atoms with Crippen LogP contribution in [0.4, 0.5) is 45.5 Å². The van der Waals surface area contributed by atoms with Crippen molar-refractivity contribution in [3.8, 4) is 128 Å². The fourth-order valence-corrected chi connectivity index (χ4v) is 21.5. The number of nitrogens with zero attached hydrogens (tertiary/aromatic N) is 6. The van der Waals surface area contributed by atoms with Gasteiger partial charge in [-0.25, -0.2) is 0 Å². The molecule has 0 bridgehead atoms. The van der Waals surface area contributed by atoms with Crippen molar-refractivity contribution in [2.75, 3.05) is 22.9 Å². The average molecular weight is 1710 g/mol. The summed E-state index contributed by atoms with van der Waals surface area (Å²) in [5.74, 6) is 1.00. The second-order valence-corrected chi connectivity index (χ2v) is 35.8. The van der Waals surface area contributed by atoms with Gasteiger partial charge in [-0.1, -0.05) is 351 Å². The number of aromatic nitrogens is 3. The first-order valence-corrected chi connectivity index (χ1v) is 47.7. The number of anilines is 6. The van der Waals surface area contributed by atoms with Crippen molar-refractivity contribution in [1.82, 2.24) is 17.8 Å². The van der Waals surface area contributed by atoms with Crippen molar-refractivity contribution < 1.29 is 0 Å². The van der Waals surface area contributed by atoms with Crippen molar-refractivity contribution in [1.29, 1.82) is 0 Å². The Morgan fingerprint density at radius 1 is 0.260 bits per heavy atom. The molecule has 0 fully saturated rings. The largest absolute Gasteiger partial charge is 0.311 e. The van der Waals surface area contributed by atoms with E-state index in [9.17, 15) is 0 Å². The van der Waals surface area contributed by atoms with Crippen molar-refractivity contribution in [3.63, 3.8) is 0 Å². The molecule has 2 aromatic heterocycles. The summed E-state index contributed by atoms with van der Waals surface area (Å²) in [6.45, 7) is 11.7. The minimum absolute atomic E-state index is 0.501. The number of hydrogen-bond acceptors (Lipinski definition) is 5. The number of para-hydroxylation sites is 4. The third-order valence-electron chi connectivity index (χ3n) is 27.4. The van der Waals surface area contributed by atoms with Crippen LogP contribution in [0, 0.1) is 11.8 Å². The maximum atomic E-state index is 5.21. The van der Waals surface area contributed by atoms with Gasteiger partial charge in [-0.2, -0.15) is 8.75 Å². The summed E-state index contributed by atoms with van der Waals surface area (Å²) in [6.07, 6.45) is 9.37. The van der Waals surface area contributed by atoms with Crippen molar-refractivity contribution in [3.05, 3.63) is 431 Å². The molecule has 0 saturated heterocycles. The van der Waals surface area contributed by atoms with Crippen molar-refractivity contribution >= 4 is 90.1 Å². The molecule has 0 amide bonds. The molecule has 0 saturated carbocycles. The topological polar surface area (TPSA) is 37.2 Å². The lowest BCUT2D eigenvalue weighted by Crippen LogP contribution is -2.49. The molecule has 20 aromatic rings. The molecule has 2 atom stereocenters. The van der Waals surface area contributed by atoms with Gasteiger partial charge < -0.3 is 14.4 Å². The Morgan fingerprint density at radius 2 is 0.534 bits per heavy atom. The monoisotopic (exact) mass is 1710 g/mol. The quantitative estimate of drug-likeness (QED) is 0.0438. The molecular weight excluding hydrogens is 1610 g/mol. The van der Waals surface area contributed by atoms with Crippen LogP contribution < -0.4 is 14.3 Å². The minimum atomic E-state index is 0.501. The van der Waals surface area contributed by atoms with E-state index in [1.165, 1.54) is 134 Å². The zero-order valence-corrected chi connectivity index (χ0v) is 75.6. The highest BCUT2D eigenvalue weighted by Gasteiger charge is 2.47. The van der Waals surface area contributed by atoms with Gasteiger partial charge in [0.2, 0.25) is 0 Å². The molecule has 636 valence electrons. The first-order valence-electron chi connectivity index (χ1n) is 47.0. The van der Waals surface area contributed by atoms with Crippen molar-refractivity contribution in [2.45, 2.75) is 79.1 Å². The predicted octanol–water partition coefficient (Wildman–Crippen LogP) is 35.5. The standard InChI is InChI=1S/C124H105N6S/c1-5-9-38-86(7-3)84-130(85-87(8-4)39-10-6-2)115-82-98(64-74-109(115)110-75-65-99(83-116(110)130)108-77-76-107(123-124(108)126-131-125-123)89-60-70-105(71-61-89)128(102-54-34-18-35-55-102)103-56-36-19-37-57-103)97-67-79-114-112(81-97)111-80-96(88-58-68-104(69-59-88)127(100-50-30-16-31-51-100)101-52-32-17-33-53-101)66-78-113(111)129(114)106-72-62-95(63-73-106)122-120(93-46-26-14-27-47-93)118(91-42-22-12-23-43-91)117(90-40-20-11-21-41-90)119(92-44-24-13-25-45-92)121(122)94-48-28-15-29-49-94/h11-37,40-83,86-87H,5-10,38-39,84-85H2,1-4H3/q+1. The van der Waals surface area contributed by atoms with Crippen LogP contribution in [0.1, 0.15) is 79.1 Å². The van der Waals surface area contributed by atoms with Gasteiger partial charge in [0.05, 0.1) is 35.9 Å². The van der Waals surface area contributed by atoms with E-state index in [0.717, 1.165) is 153 Å². The van der Waals surface area contributed by atoms with Crippen LogP contribution in [0.15, 0.2) is 431 Å². The smallest absolute Gasteiger partial charge is 0.146 e. The minimum Gasteiger partial charge on any atom is -0.311 e. The molecule has 18 aromatic carbocycles. The SMILES string of the molecule is CCCCC(CC)C[N+]1(CC(CC)CCCC)c2cc(-c3ccc4c(c3)c3cc(-c5ccc(N(c6ccccc6)c6ccccc6)cc5)ccc3n4-c3ccc(-c4c(-c5ccccc5)c(-c5ccccc5)c(-c5ccccc5)c(-c5ccccc5)c4-c4ccccc4)cc3)ccc2-c2ccc(-c3ccc(-c4ccc(N(c5ccccc5)c5ccccc5)cc4)c4nsnc34)cc21. The van der Waals surface area contributed by atoms with E-state index in [1.807, 2.05) is 0 Å². The summed E-state index contributed by atoms with van der Waals surface area (Å²) in [6, 6.07) is 160. The van der Waals surface area contributed by atoms with Gasteiger partial charge in [-0.3, -0.25) is 4.48 Å². The number of unbranched alkanes of at least 4 members (excludes halogenated alkanes) is 2. The Kier molecular flexibility index (Phi) is 23.5. The molecule has 0 aliphatic carbocycles. The lowest BCUT2D eigenvalue weighted by Gasteiger charge is -2.40. The van der Waals surface area contributed by atoms with Crippen LogP contribution in [0.25, 0.3) is 161 Å². The highest BCUT2D eigenvalue weighted by atomic mass is 32.1. The van der Waals surface area contributed by atoms with Crippen LogP contribution in [0.3, 0.4) is 0 Å². The molecule has 0 spiro atoms. The fourth-order valence-electron chi connectivity index (χ4n) is 21.0. The number of benzene rings is 18. The van der Waals surface area contributed by atoms with E-state index < -0.39 is 0 Å². The first-order chi connectivity index (χ1) is 64.8. The second-order valence-electron chi connectivity index (χ2n) is 35.3. The van der Waals surface area contributed by atoms with Gasteiger partial charge in [-0.15, -0.1) is 0 Å². The summed E-state index contributed by atoms with van der Waals surface area (Å²) in [4.78, 5) is 4.66. The van der Waals surface area contributed by atoms with Crippen LogP contribution in [0.5, 0.6) is 0 Å². The van der Waals surface area contributed by atoms with Crippen LogP contribution in [-0.2, 0) is 0 Å². The maximum absolute atomic E-state index is 5.21. The molecular formula is C124H105N6S+. The number of hydrogen-bond donors (Lipinski definition) is 0. The van der Waals surface area contributed by atoms with E-state index >= 15 is 0 Å². The van der Waals surface area contributed by atoms with Gasteiger partial charge in [0.25, 0.3) is 0 Å². The summed E-state index contributed by atoms with van der Waals surface area (Å²) in [5.41, 5.74) is 40.5. The lowest BCUT2D eigenvalue weighted by atomic mass is 9.74. The zero-order chi connectivity index (χ0) is 88.1. The number of fused-ring (bicyclic) bond motifs is 7. The molecule has 3 heterocycles. The lowest BCUT2D eigenvalue weighted by molar-refractivity contribution is 0.250. The molecule has 7 heteroatoms. The van der Waals surface area contributed by atoms with Gasteiger partial charge in [0, 0.05) is 96.8 Å². The third-order valence-corrected chi connectivity index (χ3v) is 28.0. The van der Waals surface area contributed by atoms with E-state index in [-0.39, 0.29) is 0 Å². The molecule has 2 unspecified atom stereocenters. The zero-order valence-electron chi connectivity index (χ0n) is 74.8. The highest BCUT2D eigenvalue weighted by Crippen LogP contribution is 2.60. The summed E-state index contributed by atoms with van der Waals surface area (Å²) < 4.78 is 13.7. The Bertz CT molecular complexity index is 7190. The summed E-state index contributed by atoms with van der Waals surface area (Å²) in [7, 11) is 0. The maximum Gasteiger partial charge on any atom is 0.146 e. The van der Waals surface area contributed by atoms with E-state index in [2.05, 4.69) is 473 Å². The second kappa shape index (κ2) is 37.1.